The maximum atomic E-state index is 13.5. The predicted octanol–water partition coefficient (Wildman–Crippen LogP) is 4.08. The second-order valence-corrected chi connectivity index (χ2v) is 9.18. The highest BCUT2D eigenvalue weighted by Crippen LogP contribution is 2.29. The van der Waals surface area contributed by atoms with Gasteiger partial charge in [0, 0.05) is 42.8 Å². The van der Waals surface area contributed by atoms with Crippen molar-refractivity contribution in [2.45, 2.75) is 25.4 Å². The molecule has 4 aromatic rings. The van der Waals surface area contributed by atoms with E-state index in [0.717, 1.165) is 53.4 Å². The molecule has 0 saturated carbocycles. The second-order valence-electron chi connectivity index (χ2n) is 8.75. The molecule has 0 atom stereocenters. The summed E-state index contributed by atoms with van der Waals surface area (Å²) in [5.74, 6) is 0.0859. The third kappa shape index (κ3) is 3.87. The summed E-state index contributed by atoms with van der Waals surface area (Å²) in [6.45, 7) is 3.10. The van der Waals surface area contributed by atoms with Crippen molar-refractivity contribution in [2.24, 2.45) is 0 Å². The topological polar surface area (TPSA) is 59.2 Å². The van der Waals surface area contributed by atoms with E-state index in [9.17, 15) is 4.79 Å². The van der Waals surface area contributed by atoms with Crippen molar-refractivity contribution < 1.29 is 4.79 Å². The number of aromatic nitrogens is 4. The molecule has 3 heterocycles. The summed E-state index contributed by atoms with van der Waals surface area (Å²) in [6, 6.07) is 14.1. The average Bonchev–Trinajstić information content (AvgIpc) is 3.39. The number of halogens is 1. The van der Waals surface area contributed by atoms with Crippen LogP contribution >= 0.6 is 11.6 Å². The summed E-state index contributed by atoms with van der Waals surface area (Å²) in [4.78, 5) is 17.6. The number of para-hydroxylation sites is 1. The van der Waals surface area contributed by atoms with Crippen LogP contribution in [0.2, 0.25) is 5.02 Å². The molecule has 0 aliphatic carbocycles. The lowest BCUT2D eigenvalue weighted by molar-refractivity contribution is 0.0692. The quantitative estimate of drug-likeness (QED) is 0.459. The van der Waals surface area contributed by atoms with Gasteiger partial charge >= 0.3 is 0 Å². The molecule has 32 heavy (non-hydrogen) atoms. The zero-order valence-corrected chi connectivity index (χ0v) is 19.2. The zero-order chi connectivity index (χ0) is 22.2. The average molecular weight is 451 g/mol. The molecule has 0 radical (unpaired) electrons. The van der Waals surface area contributed by atoms with Crippen LogP contribution in [0.1, 0.15) is 29.2 Å². The summed E-state index contributed by atoms with van der Waals surface area (Å²) in [5, 5.41) is 10.3. The van der Waals surface area contributed by atoms with E-state index in [-0.39, 0.29) is 11.9 Å². The minimum atomic E-state index is 0.0859. The Hall–Kier alpha value is -2.90. The van der Waals surface area contributed by atoms with Gasteiger partial charge in [0.2, 0.25) is 0 Å². The van der Waals surface area contributed by atoms with Crippen LogP contribution < -0.4 is 0 Å². The first kappa shape index (κ1) is 21.0. The van der Waals surface area contributed by atoms with E-state index in [2.05, 4.69) is 25.8 Å². The molecule has 0 spiro atoms. The minimum absolute atomic E-state index is 0.0859. The molecule has 2 aromatic heterocycles. The van der Waals surface area contributed by atoms with Crippen LogP contribution in [-0.2, 0) is 6.54 Å². The lowest BCUT2D eigenvalue weighted by Crippen LogP contribution is -2.39. The standard InChI is InChI=1S/C24H27ClN6O/c1-28(2)13-14-30-16-20(19-8-7-17(25)15-23(19)30)24(32)29-11-9-18(10-12-29)31-22-6-4-3-5-21(22)26-27-31/h3-8,15-16,18H,9-14H2,1-2H3. The van der Waals surface area contributed by atoms with Crippen LogP contribution in [0.3, 0.4) is 0 Å². The lowest BCUT2D eigenvalue weighted by Gasteiger charge is -2.32. The van der Waals surface area contributed by atoms with Gasteiger partial charge in [0.15, 0.2) is 0 Å². The van der Waals surface area contributed by atoms with Gasteiger partial charge in [-0.1, -0.05) is 35.0 Å². The fourth-order valence-corrected chi connectivity index (χ4v) is 4.74. The monoisotopic (exact) mass is 450 g/mol. The normalized spacial score (nSPS) is 15.3. The molecule has 2 aromatic carbocycles. The van der Waals surface area contributed by atoms with Crippen LogP contribution in [0.15, 0.2) is 48.7 Å². The number of amides is 1. The molecule has 1 aliphatic heterocycles. The van der Waals surface area contributed by atoms with Gasteiger partial charge in [-0.25, -0.2) is 4.68 Å². The predicted molar refractivity (Wildman–Crippen MR) is 127 cm³/mol. The Morgan fingerprint density at radius 1 is 1.12 bits per heavy atom. The first-order valence-corrected chi connectivity index (χ1v) is 11.4. The first-order chi connectivity index (χ1) is 15.5. The highest BCUT2D eigenvalue weighted by Gasteiger charge is 2.28. The summed E-state index contributed by atoms with van der Waals surface area (Å²) in [5.41, 5.74) is 3.72. The Labute approximate surface area is 192 Å². The van der Waals surface area contributed by atoms with E-state index < -0.39 is 0 Å². The number of hydrogen-bond acceptors (Lipinski definition) is 4. The van der Waals surface area contributed by atoms with Gasteiger partial charge in [-0.05, 0) is 51.2 Å². The molecule has 8 heteroatoms. The molecule has 0 unspecified atom stereocenters. The van der Waals surface area contributed by atoms with Crippen molar-refractivity contribution in [1.29, 1.82) is 0 Å². The fourth-order valence-electron chi connectivity index (χ4n) is 4.57. The molecule has 0 bridgehead atoms. The van der Waals surface area contributed by atoms with Gasteiger partial charge in [0.05, 0.1) is 22.6 Å². The van der Waals surface area contributed by atoms with Gasteiger partial charge in [0.1, 0.15) is 5.52 Å². The Morgan fingerprint density at radius 3 is 2.69 bits per heavy atom. The summed E-state index contributed by atoms with van der Waals surface area (Å²) in [6.07, 6.45) is 3.72. The molecule has 166 valence electrons. The van der Waals surface area contributed by atoms with E-state index in [1.165, 1.54) is 0 Å². The first-order valence-electron chi connectivity index (χ1n) is 11.0. The molecule has 1 aliphatic rings. The number of likely N-dealkylation sites (tertiary alicyclic amines) is 1. The van der Waals surface area contributed by atoms with Gasteiger partial charge in [-0.3, -0.25) is 4.79 Å². The van der Waals surface area contributed by atoms with Gasteiger partial charge in [-0.2, -0.15) is 0 Å². The molecule has 1 saturated heterocycles. The van der Waals surface area contributed by atoms with Crippen molar-refractivity contribution >= 4 is 39.4 Å². The number of likely N-dealkylation sites (N-methyl/N-ethyl adjacent to an activating group) is 1. The van der Waals surface area contributed by atoms with E-state index >= 15 is 0 Å². The molecule has 1 amide bonds. The van der Waals surface area contributed by atoms with E-state index in [1.54, 1.807) is 0 Å². The zero-order valence-electron chi connectivity index (χ0n) is 18.4. The fraction of sp³-hybridized carbons (Fsp3) is 0.375. The number of nitrogens with zero attached hydrogens (tertiary/aromatic N) is 6. The van der Waals surface area contributed by atoms with Crippen molar-refractivity contribution in [3.8, 4) is 0 Å². The van der Waals surface area contributed by atoms with Gasteiger partial charge in [-0.15, -0.1) is 5.10 Å². The van der Waals surface area contributed by atoms with E-state index in [1.807, 2.05) is 66.3 Å². The summed E-state index contributed by atoms with van der Waals surface area (Å²) >= 11 is 6.26. The Kier molecular flexibility index (Phi) is 5.61. The van der Waals surface area contributed by atoms with Crippen LogP contribution in [0.25, 0.3) is 21.9 Å². The highest BCUT2D eigenvalue weighted by molar-refractivity contribution is 6.31. The van der Waals surface area contributed by atoms with Gasteiger partial charge < -0.3 is 14.4 Å². The van der Waals surface area contributed by atoms with E-state index in [4.69, 9.17) is 11.6 Å². The van der Waals surface area contributed by atoms with Crippen LogP contribution in [0, 0.1) is 0 Å². The highest BCUT2D eigenvalue weighted by atomic mass is 35.5. The smallest absolute Gasteiger partial charge is 0.256 e. The number of benzene rings is 2. The molecular weight excluding hydrogens is 424 g/mol. The maximum Gasteiger partial charge on any atom is 0.256 e. The number of hydrogen-bond donors (Lipinski definition) is 0. The number of rotatable bonds is 5. The van der Waals surface area contributed by atoms with Crippen molar-refractivity contribution in [3.05, 3.63) is 59.2 Å². The number of carbonyl (C=O) groups excluding carboxylic acids is 1. The van der Waals surface area contributed by atoms with E-state index in [0.29, 0.717) is 18.1 Å². The van der Waals surface area contributed by atoms with Gasteiger partial charge in [0.25, 0.3) is 5.91 Å². The maximum absolute atomic E-state index is 13.5. The summed E-state index contributed by atoms with van der Waals surface area (Å²) < 4.78 is 4.16. The second kappa shape index (κ2) is 8.56. The minimum Gasteiger partial charge on any atom is -0.345 e. The Balaban J connectivity index is 1.36. The number of piperidine rings is 1. The summed E-state index contributed by atoms with van der Waals surface area (Å²) in [7, 11) is 4.10. The third-order valence-corrected chi connectivity index (χ3v) is 6.57. The SMILES string of the molecule is CN(C)CCn1cc(C(=O)N2CCC(n3nnc4ccccc43)CC2)c2ccc(Cl)cc21. The third-order valence-electron chi connectivity index (χ3n) is 6.34. The van der Waals surface area contributed by atoms with Crippen LogP contribution in [0.4, 0.5) is 0 Å². The number of fused-ring (bicyclic) bond motifs is 2. The lowest BCUT2D eigenvalue weighted by atomic mass is 10.0. The Morgan fingerprint density at radius 2 is 1.91 bits per heavy atom. The van der Waals surface area contributed by atoms with Crippen molar-refractivity contribution in [1.82, 2.24) is 29.4 Å². The van der Waals surface area contributed by atoms with Crippen molar-refractivity contribution in [3.63, 3.8) is 0 Å². The molecular formula is C24H27ClN6O. The molecule has 5 rings (SSSR count). The molecule has 7 nitrogen and oxygen atoms in total. The molecule has 1 fully saturated rings. The molecule has 0 N–H and O–H groups in total. The Bertz CT molecular complexity index is 1270. The van der Waals surface area contributed by atoms with Crippen LogP contribution in [-0.4, -0.2) is 69.0 Å². The largest absolute Gasteiger partial charge is 0.345 e. The number of carbonyl (C=O) groups is 1. The van der Waals surface area contributed by atoms with Crippen LogP contribution in [0.5, 0.6) is 0 Å². The van der Waals surface area contributed by atoms with Crippen molar-refractivity contribution in [2.75, 3.05) is 33.7 Å².